The molecule has 0 saturated carbocycles. The third kappa shape index (κ3) is 2.84. The average molecular weight is 301 g/mol. The fourth-order valence-corrected chi connectivity index (χ4v) is 3.48. The fourth-order valence-electron chi connectivity index (χ4n) is 2.23. The standard InChI is InChI=1S/C16H15NO3S/c1-12(16-7-4-10-20-16)17-21(18,19)15-9-8-13-5-2-3-6-14(13)11-15/h2-12,17H,1H3/t12-/m1/s1. The molecule has 0 bridgehead atoms. The van der Waals surface area contributed by atoms with Crippen molar-refractivity contribution in [2.24, 2.45) is 0 Å². The van der Waals surface area contributed by atoms with Crippen molar-refractivity contribution in [2.75, 3.05) is 0 Å². The minimum absolute atomic E-state index is 0.250. The first-order chi connectivity index (χ1) is 10.1. The molecule has 3 rings (SSSR count). The van der Waals surface area contributed by atoms with Crippen LogP contribution in [0.4, 0.5) is 0 Å². The van der Waals surface area contributed by atoms with Crippen LogP contribution in [0.2, 0.25) is 0 Å². The van der Waals surface area contributed by atoms with Gasteiger partial charge in [0.1, 0.15) is 5.76 Å². The number of nitrogens with one attached hydrogen (secondary N) is 1. The van der Waals surface area contributed by atoms with Crippen molar-refractivity contribution in [3.05, 3.63) is 66.6 Å². The van der Waals surface area contributed by atoms with E-state index < -0.39 is 16.1 Å². The molecule has 108 valence electrons. The Labute approximate surface area is 123 Å². The summed E-state index contributed by atoms with van der Waals surface area (Å²) in [5, 5.41) is 1.90. The lowest BCUT2D eigenvalue weighted by molar-refractivity contribution is 0.459. The van der Waals surface area contributed by atoms with E-state index in [1.807, 2.05) is 24.3 Å². The molecule has 2 aromatic carbocycles. The van der Waals surface area contributed by atoms with E-state index >= 15 is 0 Å². The molecule has 3 aromatic rings. The molecule has 0 radical (unpaired) electrons. The first-order valence-electron chi connectivity index (χ1n) is 6.61. The number of fused-ring (bicyclic) bond motifs is 1. The van der Waals surface area contributed by atoms with Crippen molar-refractivity contribution >= 4 is 20.8 Å². The van der Waals surface area contributed by atoms with Crippen molar-refractivity contribution in [1.82, 2.24) is 4.72 Å². The molecule has 1 atom stereocenters. The van der Waals surface area contributed by atoms with Gasteiger partial charge in [-0.1, -0.05) is 30.3 Å². The lowest BCUT2D eigenvalue weighted by Crippen LogP contribution is -2.26. The molecule has 0 spiro atoms. The predicted octanol–water partition coefficient (Wildman–Crippen LogP) is 3.47. The second-order valence-electron chi connectivity index (χ2n) is 4.87. The van der Waals surface area contributed by atoms with Gasteiger partial charge in [-0.25, -0.2) is 13.1 Å². The maximum Gasteiger partial charge on any atom is 0.241 e. The minimum atomic E-state index is -3.59. The maximum absolute atomic E-state index is 12.4. The fraction of sp³-hybridized carbons (Fsp3) is 0.125. The Bertz CT molecular complexity index is 854. The molecule has 5 heteroatoms. The molecule has 0 aliphatic heterocycles. The van der Waals surface area contributed by atoms with E-state index in [1.165, 1.54) is 6.26 Å². The Morgan fingerprint density at radius 1 is 1.00 bits per heavy atom. The molecule has 0 amide bonds. The van der Waals surface area contributed by atoms with Crippen molar-refractivity contribution in [2.45, 2.75) is 17.9 Å². The summed E-state index contributed by atoms with van der Waals surface area (Å²) < 4.78 is 32.7. The molecule has 4 nitrogen and oxygen atoms in total. The van der Waals surface area contributed by atoms with Gasteiger partial charge in [0.25, 0.3) is 0 Å². The van der Waals surface area contributed by atoms with Gasteiger partial charge in [0, 0.05) is 0 Å². The van der Waals surface area contributed by atoms with Crippen LogP contribution >= 0.6 is 0 Å². The van der Waals surface area contributed by atoms with Gasteiger partial charge in [0.2, 0.25) is 10.0 Å². The second kappa shape index (κ2) is 5.35. The van der Waals surface area contributed by atoms with Crippen LogP contribution in [-0.4, -0.2) is 8.42 Å². The highest BCUT2D eigenvalue weighted by Gasteiger charge is 2.19. The van der Waals surface area contributed by atoms with Crippen LogP contribution in [0.25, 0.3) is 10.8 Å². The number of rotatable bonds is 4. The van der Waals surface area contributed by atoms with E-state index in [0.29, 0.717) is 5.76 Å². The van der Waals surface area contributed by atoms with Crippen LogP contribution in [0.1, 0.15) is 18.7 Å². The molecular weight excluding hydrogens is 286 g/mol. The quantitative estimate of drug-likeness (QED) is 0.802. The van der Waals surface area contributed by atoms with Gasteiger partial charge in [-0.3, -0.25) is 0 Å². The van der Waals surface area contributed by atoms with Crippen molar-refractivity contribution in [1.29, 1.82) is 0 Å². The Morgan fingerprint density at radius 2 is 1.76 bits per heavy atom. The van der Waals surface area contributed by atoms with Gasteiger partial charge in [-0.15, -0.1) is 0 Å². The molecule has 21 heavy (non-hydrogen) atoms. The largest absolute Gasteiger partial charge is 0.468 e. The third-order valence-electron chi connectivity index (χ3n) is 3.33. The summed E-state index contributed by atoms with van der Waals surface area (Å²) >= 11 is 0. The lowest BCUT2D eigenvalue weighted by atomic mass is 10.1. The van der Waals surface area contributed by atoms with E-state index in [2.05, 4.69) is 4.72 Å². The van der Waals surface area contributed by atoms with Crippen LogP contribution < -0.4 is 4.72 Å². The van der Waals surface area contributed by atoms with Crippen molar-refractivity contribution in [3.63, 3.8) is 0 Å². The van der Waals surface area contributed by atoms with Gasteiger partial charge >= 0.3 is 0 Å². The minimum Gasteiger partial charge on any atom is -0.468 e. The van der Waals surface area contributed by atoms with Crippen molar-refractivity contribution < 1.29 is 12.8 Å². The van der Waals surface area contributed by atoms with E-state index in [0.717, 1.165) is 10.8 Å². The molecule has 1 N–H and O–H groups in total. The molecule has 0 unspecified atom stereocenters. The van der Waals surface area contributed by atoms with E-state index in [1.54, 1.807) is 37.3 Å². The van der Waals surface area contributed by atoms with E-state index in [-0.39, 0.29) is 4.90 Å². The normalized spacial score (nSPS) is 13.4. The Balaban J connectivity index is 1.92. The Morgan fingerprint density at radius 3 is 2.48 bits per heavy atom. The molecule has 0 saturated heterocycles. The number of hydrogen-bond donors (Lipinski definition) is 1. The number of hydrogen-bond acceptors (Lipinski definition) is 3. The van der Waals surface area contributed by atoms with Crippen LogP contribution in [0.5, 0.6) is 0 Å². The highest BCUT2D eigenvalue weighted by molar-refractivity contribution is 7.89. The molecular formula is C16H15NO3S. The Kier molecular flexibility index (Phi) is 3.53. The summed E-state index contributed by atoms with van der Waals surface area (Å²) in [5.74, 6) is 0.583. The first kappa shape index (κ1) is 13.9. The molecule has 1 aromatic heterocycles. The van der Waals surface area contributed by atoms with Gasteiger partial charge < -0.3 is 4.42 Å². The SMILES string of the molecule is C[C@@H](NS(=O)(=O)c1ccc2ccccc2c1)c1ccco1. The van der Waals surface area contributed by atoms with Crippen LogP contribution in [0.3, 0.4) is 0 Å². The van der Waals surface area contributed by atoms with Gasteiger partial charge in [-0.05, 0) is 42.0 Å². The predicted molar refractivity (Wildman–Crippen MR) is 81.4 cm³/mol. The van der Waals surface area contributed by atoms with Gasteiger partial charge in [-0.2, -0.15) is 0 Å². The zero-order valence-corrected chi connectivity index (χ0v) is 12.3. The average Bonchev–Trinajstić information content (AvgIpc) is 3.00. The summed E-state index contributed by atoms with van der Waals surface area (Å²) in [5.41, 5.74) is 0. The van der Waals surface area contributed by atoms with Crippen molar-refractivity contribution in [3.8, 4) is 0 Å². The zero-order valence-electron chi connectivity index (χ0n) is 11.5. The molecule has 0 aliphatic rings. The molecule has 0 aliphatic carbocycles. The van der Waals surface area contributed by atoms with Crippen LogP contribution in [-0.2, 0) is 10.0 Å². The summed E-state index contributed by atoms with van der Waals surface area (Å²) in [7, 11) is -3.59. The second-order valence-corrected chi connectivity index (χ2v) is 6.58. The molecule has 1 heterocycles. The summed E-state index contributed by atoms with van der Waals surface area (Å²) in [6.45, 7) is 1.75. The number of furan rings is 1. The maximum atomic E-state index is 12.4. The smallest absolute Gasteiger partial charge is 0.241 e. The van der Waals surface area contributed by atoms with Crippen LogP contribution in [0.15, 0.2) is 70.2 Å². The topological polar surface area (TPSA) is 59.3 Å². The van der Waals surface area contributed by atoms with E-state index in [4.69, 9.17) is 4.42 Å². The highest BCUT2D eigenvalue weighted by Crippen LogP contribution is 2.21. The lowest BCUT2D eigenvalue weighted by Gasteiger charge is -2.12. The van der Waals surface area contributed by atoms with E-state index in [9.17, 15) is 8.42 Å². The summed E-state index contributed by atoms with van der Waals surface area (Å²) in [6.07, 6.45) is 1.52. The zero-order chi connectivity index (χ0) is 14.9. The number of sulfonamides is 1. The molecule has 0 fully saturated rings. The van der Waals surface area contributed by atoms with Crippen LogP contribution in [0, 0.1) is 0 Å². The third-order valence-corrected chi connectivity index (χ3v) is 4.87. The van der Waals surface area contributed by atoms with Gasteiger partial charge in [0.05, 0.1) is 17.2 Å². The summed E-state index contributed by atoms with van der Waals surface area (Å²) in [4.78, 5) is 0.250. The highest BCUT2D eigenvalue weighted by atomic mass is 32.2. The first-order valence-corrected chi connectivity index (χ1v) is 8.09. The monoisotopic (exact) mass is 301 g/mol. The van der Waals surface area contributed by atoms with Gasteiger partial charge in [0.15, 0.2) is 0 Å². The number of benzene rings is 2. The Hall–Kier alpha value is -2.11. The summed E-state index contributed by atoms with van der Waals surface area (Å²) in [6, 6.07) is 15.8.